The highest BCUT2D eigenvalue weighted by molar-refractivity contribution is 5.94. The summed E-state index contributed by atoms with van der Waals surface area (Å²) in [6.45, 7) is 7.15. The molecule has 162 valence electrons. The average molecular weight is 416 g/mol. The maximum absolute atomic E-state index is 12.9. The van der Waals surface area contributed by atoms with Gasteiger partial charge in [0.05, 0.1) is 12.1 Å². The van der Waals surface area contributed by atoms with E-state index in [0.29, 0.717) is 10.9 Å². The molecule has 2 aromatic rings. The number of carbonyl (C=O) groups is 2. The van der Waals surface area contributed by atoms with E-state index in [0.717, 1.165) is 5.56 Å². The average Bonchev–Trinajstić information content (AvgIpc) is 2.64. The van der Waals surface area contributed by atoms with Crippen LogP contribution in [0, 0.1) is 0 Å². The summed E-state index contributed by atoms with van der Waals surface area (Å²) < 4.78 is 16.8. The van der Waals surface area contributed by atoms with Gasteiger partial charge in [0.1, 0.15) is 17.8 Å². The molecule has 0 saturated carbocycles. The van der Waals surface area contributed by atoms with E-state index in [-0.39, 0.29) is 18.8 Å². The van der Waals surface area contributed by atoms with E-state index >= 15 is 0 Å². The van der Waals surface area contributed by atoms with Crippen molar-refractivity contribution in [3.8, 4) is 0 Å². The quantitative estimate of drug-likeness (QED) is 0.668. The fourth-order valence-electron chi connectivity index (χ4n) is 2.70. The molecule has 0 unspecified atom stereocenters. The van der Waals surface area contributed by atoms with Crippen LogP contribution in [0.5, 0.6) is 0 Å². The molecule has 0 aliphatic rings. The molecule has 0 radical (unpaired) electrons. The van der Waals surface area contributed by atoms with Gasteiger partial charge in [0.15, 0.2) is 0 Å². The zero-order chi connectivity index (χ0) is 22.5. The molecule has 0 aliphatic carbocycles. The van der Waals surface area contributed by atoms with Crippen LogP contribution in [0.2, 0.25) is 0 Å². The number of carbonyl (C=O) groups excluding carboxylic acids is 2. The number of hydrogen-bond acceptors (Lipinski definition) is 7. The van der Waals surface area contributed by atoms with Gasteiger partial charge in [-0.2, -0.15) is 0 Å². The van der Waals surface area contributed by atoms with E-state index in [1.807, 2.05) is 6.07 Å². The largest absolute Gasteiger partial charge is 0.509 e. The Morgan fingerprint density at radius 1 is 1.17 bits per heavy atom. The third-order valence-corrected chi connectivity index (χ3v) is 3.93. The van der Waals surface area contributed by atoms with Gasteiger partial charge in [-0.15, -0.1) is 0 Å². The molecule has 30 heavy (non-hydrogen) atoms. The predicted molar refractivity (Wildman–Crippen MR) is 115 cm³/mol. The summed E-state index contributed by atoms with van der Waals surface area (Å²) in [6.07, 6.45) is 4.09. The van der Waals surface area contributed by atoms with Gasteiger partial charge < -0.3 is 19.2 Å². The number of benzene rings is 1. The Morgan fingerprint density at radius 3 is 2.47 bits per heavy atom. The Hall–Kier alpha value is -3.29. The van der Waals surface area contributed by atoms with Crippen molar-refractivity contribution in [3.63, 3.8) is 0 Å². The van der Waals surface area contributed by atoms with Crippen LogP contribution in [0.4, 0.5) is 4.79 Å². The van der Waals surface area contributed by atoms with Crippen LogP contribution in [0.1, 0.15) is 43.6 Å². The summed E-state index contributed by atoms with van der Waals surface area (Å²) in [4.78, 5) is 36.7. The summed E-state index contributed by atoms with van der Waals surface area (Å²) in [5.74, 6) is -0.660. The normalized spacial score (nSPS) is 11.5. The lowest BCUT2D eigenvalue weighted by Crippen LogP contribution is -2.30. The highest BCUT2D eigenvalue weighted by Gasteiger charge is 2.18. The molecule has 0 N–H and O–H groups in total. The van der Waals surface area contributed by atoms with Crippen LogP contribution < -0.4 is 10.4 Å². The molecule has 8 nitrogen and oxygen atoms in total. The van der Waals surface area contributed by atoms with E-state index in [4.69, 9.17) is 14.2 Å². The first kappa shape index (κ1) is 23.0. The van der Waals surface area contributed by atoms with Crippen LogP contribution >= 0.6 is 0 Å². The van der Waals surface area contributed by atoms with Crippen LogP contribution in [0.25, 0.3) is 17.0 Å². The van der Waals surface area contributed by atoms with Crippen molar-refractivity contribution in [1.29, 1.82) is 0 Å². The van der Waals surface area contributed by atoms with Gasteiger partial charge in [0.25, 0.3) is 0 Å². The van der Waals surface area contributed by atoms with Gasteiger partial charge in [-0.3, -0.25) is 9.47 Å². The second-order valence-corrected chi connectivity index (χ2v) is 7.74. The molecule has 1 aromatic carbocycles. The summed E-state index contributed by atoms with van der Waals surface area (Å²) in [5.41, 5.74) is 0.315. The zero-order valence-electron chi connectivity index (χ0n) is 18.2. The van der Waals surface area contributed by atoms with Crippen LogP contribution in [-0.4, -0.2) is 49.7 Å². The summed E-state index contributed by atoms with van der Waals surface area (Å²) >= 11 is 0. The lowest BCUT2D eigenvalue weighted by atomic mass is 10.1. The topological polar surface area (TPSA) is 87.1 Å². The van der Waals surface area contributed by atoms with Crippen molar-refractivity contribution in [1.82, 2.24) is 4.68 Å². The van der Waals surface area contributed by atoms with E-state index in [1.165, 1.54) is 6.20 Å². The maximum Gasteiger partial charge on any atom is 0.509 e. The minimum absolute atomic E-state index is 0.0255. The first-order valence-corrected chi connectivity index (χ1v) is 9.60. The SMILES string of the molecule is CCOC(=O)c1cn(N(C)C)c2ccc(C=CCOC(=O)OC(C)(C)C)cc2c1=O. The highest BCUT2D eigenvalue weighted by atomic mass is 16.7. The molecule has 0 saturated heterocycles. The molecule has 2 rings (SSSR count). The Kier molecular flexibility index (Phi) is 7.26. The second kappa shape index (κ2) is 9.47. The highest BCUT2D eigenvalue weighted by Crippen LogP contribution is 2.16. The van der Waals surface area contributed by atoms with Crippen molar-refractivity contribution < 1.29 is 23.8 Å². The number of fused-ring (bicyclic) bond motifs is 1. The lowest BCUT2D eigenvalue weighted by Gasteiger charge is -2.20. The van der Waals surface area contributed by atoms with Gasteiger partial charge in [0, 0.05) is 25.7 Å². The molecule has 0 amide bonds. The Bertz CT molecular complexity index is 1010. The summed E-state index contributed by atoms with van der Waals surface area (Å²) in [7, 11) is 3.61. The standard InChI is InChI=1S/C22H28N2O6/c1-7-28-20(26)17-14-24(23(5)6)18-11-10-15(13-16(18)19(17)25)9-8-12-29-21(27)30-22(2,3)4/h8-11,13-14H,7,12H2,1-6H3. The monoisotopic (exact) mass is 416 g/mol. The summed E-state index contributed by atoms with van der Waals surface area (Å²) in [6, 6.07) is 5.31. The van der Waals surface area contributed by atoms with Gasteiger partial charge in [-0.1, -0.05) is 12.1 Å². The fraction of sp³-hybridized carbons (Fsp3) is 0.409. The molecule has 8 heteroatoms. The molecule has 1 aromatic heterocycles. The summed E-state index contributed by atoms with van der Waals surface area (Å²) in [5, 5.41) is 2.14. The third-order valence-electron chi connectivity index (χ3n) is 3.93. The molecular formula is C22H28N2O6. The van der Waals surface area contributed by atoms with Gasteiger partial charge in [-0.05, 0) is 51.5 Å². The fourth-order valence-corrected chi connectivity index (χ4v) is 2.70. The molecular weight excluding hydrogens is 388 g/mol. The number of aromatic nitrogens is 1. The van der Waals surface area contributed by atoms with Crippen molar-refractivity contribution in [2.24, 2.45) is 0 Å². The maximum atomic E-state index is 12.9. The number of hydrogen-bond donors (Lipinski definition) is 0. The molecule has 0 fully saturated rings. The van der Waals surface area contributed by atoms with Crippen LogP contribution in [-0.2, 0) is 14.2 Å². The first-order chi connectivity index (χ1) is 14.0. The number of ether oxygens (including phenoxy) is 3. The number of nitrogens with zero attached hydrogens (tertiary/aromatic N) is 2. The number of rotatable bonds is 6. The van der Waals surface area contributed by atoms with Gasteiger partial charge >= 0.3 is 12.1 Å². The molecule has 0 bridgehead atoms. The Morgan fingerprint density at radius 2 is 1.87 bits per heavy atom. The molecule has 1 heterocycles. The second-order valence-electron chi connectivity index (χ2n) is 7.74. The van der Waals surface area contributed by atoms with Crippen molar-refractivity contribution in [2.75, 3.05) is 32.3 Å². The van der Waals surface area contributed by atoms with Gasteiger partial charge in [-0.25, -0.2) is 9.59 Å². The molecule has 0 atom stereocenters. The zero-order valence-corrected chi connectivity index (χ0v) is 18.2. The molecule has 0 aliphatic heterocycles. The Balaban J connectivity index is 2.31. The number of pyridine rings is 1. The predicted octanol–water partition coefficient (Wildman–Crippen LogP) is 3.34. The van der Waals surface area contributed by atoms with Crippen LogP contribution in [0.15, 0.2) is 35.3 Å². The van der Waals surface area contributed by atoms with Gasteiger partial charge in [0.2, 0.25) is 5.43 Å². The van der Waals surface area contributed by atoms with E-state index in [2.05, 4.69) is 0 Å². The Labute approximate surface area is 175 Å². The number of esters is 1. The minimum atomic E-state index is -0.751. The van der Waals surface area contributed by atoms with E-state index in [9.17, 15) is 14.4 Å². The van der Waals surface area contributed by atoms with E-state index < -0.39 is 23.2 Å². The first-order valence-electron chi connectivity index (χ1n) is 9.60. The molecule has 0 spiro atoms. The van der Waals surface area contributed by atoms with Crippen LogP contribution in [0.3, 0.4) is 0 Å². The van der Waals surface area contributed by atoms with Crippen molar-refractivity contribution >= 4 is 29.1 Å². The van der Waals surface area contributed by atoms with E-state index in [1.54, 1.807) is 75.8 Å². The minimum Gasteiger partial charge on any atom is -0.462 e. The smallest absolute Gasteiger partial charge is 0.462 e. The third kappa shape index (κ3) is 5.85. The van der Waals surface area contributed by atoms with Crippen molar-refractivity contribution in [2.45, 2.75) is 33.3 Å². The van der Waals surface area contributed by atoms with Crippen molar-refractivity contribution in [3.05, 3.63) is 51.8 Å². The lowest BCUT2D eigenvalue weighted by molar-refractivity contribution is -0.00237.